The Hall–Kier alpha value is -6.30. The Morgan fingerprint density at radius 3 is 0.856 bits per heavy atom. The molecule has 0 saturated carbocycles. The maximum absolute atomic E-state index is 11.2. The van der Waals surface area contributed by atoms with Gasteiger partial charge < -0.3 is 72.9 Å². The molecule has 15 atom stereocenters. The lowest BCUT2D eigenvalue weighted by molar-refractivity contribution is -0.0259. The summed E-state index contributed by atoms with van der Waals surface area (Å²) in [6.07, 6.45) is -42.1. The molecule has 5 N–H and O–H groups in total. The predicted octanol–water partition coefficient (Wildman–Crippen LogP) is 16.3. The average Bonchev–Trinajstić information content (AvgIpc) is 0.651. The van der Waals surface area contributed by atoms with Gasteiger partial charge in [-0.05, 0) is 270 Å². The van der Waals surface area contributed by atoms with Gasteiger partial charge in [-0.15, -0.1) is 0 Å². The van der Waals surface area contributed by atoms with E-state index in [9.17, 15) is 32.4 Å². The van der Waals surface area contributed by atoms with Crippen molar-refractivity contribution in [1.29, 1.82) is 0 Å². The van der Waals surface area contributed by atoms with Crippen LogP contribution in [0.3, 0.4) is 0 Å². The van der Waals surface area contributed by atoms with Gasteiger partial charge in [0.05, 0.1) is 136 Å². The van der Waals surface area contributed by atoms with E-state index in [1.54, 1.807) is 13.8 Å². The zero-order chi connectivity index (χ0) is 148. The number of piperidine rings is 5. The lowest BCUT2D eigenvalue weighted by Gasteiger charge is -2.47. The van der Waals surface area contributed by atoms with Crippen molar-refractivity contribution in [3.05, 3.63) is 116 Å². The molecule has 0 spiro atoms. The fourth-order valence-electron chi connectivity index (χ4n) is 14.6. The van der Waals surface area contributed by atoms with Crippen molar-refractivity contribution in [3.8, 4) is 57.5 Å². The second-order valence-electron chi connectivity index (χ2n) is 30.2. The van der Waals surface area contributed by atoms with Crippen LogP contribution in [0, 0.1) is 57.6 Å². The topological polar surface area (TPSA) is 210 Å². The number of hydrogen-bond donors (Lipinski definition) is 5. The molecule has 0 bridgehead atoms. The van der Waals surface area contributed by atoms with E-state index in [4.69, 9.17) is 139 Å². The molecule has 0 aliphatic carbocycles. The summed E-state index contributed by atoms with van der Waals surface area (Å²) < 4.78 is 653. The number of ether oxygens (including phenoxy) is 10. The Balaban J connectivity index is 0.000000220. The lowest BCUT2D eigenvalue weighted by Crippen LogP contribution is -2.48. The van der Waals surface area contributed by atoms with Crippen LogP contribution in [-0.2, 0) is 31.9 Å². The van der Waals surface area contributed by atoms with Gasteiger partial charge in [0.2, 0.25) is 0 Å². The van der Waals surface area contributed by atoms with Crippen molar-refractivity contribution in [1.82, 2.24) is 24.5 Å². The summed E-state index contributed by atoms with van der Waals surface area (Å²) in [5, 5.41) is 55.6. The number of rotatable bonds is 17. The molecule has 118 heavy (non-hydrogen) atoms. The zero-order valence-corrected chi connectivity index (χ0v) is 67.6. The third-order valence-electron chi connectivity index (χ3n) is 19.8. The molecule has 5 aromatic rings. The molecule has 10 aliphatic rings. The molecule has 20 heteroatoms. The Bertz CT molecular complexity index is 7350. The second kappa shape index (κ2) is 39.9. The van der Waals surface area contributed by atoms with E-state index in [2.05, 4.69) is 0 Å². The van der Waals surface area contributed by atoms with Gasteiger partial charge in [-0.1, -0.05) is 89.6 Å². The molecule has 0 radical (unpaired) electrons. The highest BCUT2D eigenvalue weighted by atomic mass is 16.5. The maximum atomic E-state index is 11.2. The molecule has 5 saturated heterocycles. The molecule has 15 rings (SSSR count). The fraction of sp³-hybridized carbons (Fsp3) is 0.694. The summed E-state index contributed by atoms with van der Waals surface area (Å²) in [5.74, 6) is -14.7. The van der Waals surface area contributed by atoms with E-state index in [0.717, 1.165) is 54.7 Å². The van der Waals surface area contributed by atoms with E-state index in [1.807, 2.05) is 13.8 Å². The minimum absolute atomic E-state index is 0.150. The molecule has 658 valence electrons. The molecule has 5 fully saturated rings. The van der Waals surface area contributed by atoms with Gasteiger partial charge in [0.15, 0.2) is 57.5 Å². The number of aliphatic hydroxyl groups excluding tert-OH is 4. The van der Waals surface area contributed by atoms with Crippen LogP contribution < -0.4 is 47.4 Å². The quantitative estimate of drug-likeness (QED) is 0.0586. The molecule has 20 nitrogen and oxygen atoms in total. The van der Waals surface area contributed by atoms with Gasteiger partial charge in [-0.3, -0.25) is 24.5 Å². The third kappa shape index (κ3) is 22.2. The van der Waals surface area contributed by atoms with Crippen LogP contribution in [-0.4, -0.2) is 217 Å². The predicted molar refractivity (Wildman–Crippen MR) is 470 cm³/mol. The Kier molecular flexibility index (Phi) is 12.3. The zero-order valence-electron chi connectivity index (χ0n) is 140. The number of hydrogen-bond acceptors (Lipinski definition) is 20. The molecule has 10 aliphatic heterocycles. The molecule has 5 aromatic carbocycles. The largest absolute Gasteiger partial charge is 0.493 e. The molecular formula is C98H151N5O15. The molecule has 0 aromatic heterocycles. The Labute approximate surface area is 810 Å². The van der Waals surface area contributed by atoms with Crippen LogP contribution in [0.25, 0.3) is 0 Å². The van der Waals surface area contributed by atoms with Crippen LogP contribution in [0.2, 0.25) is 0 Å². The summed E-state index contributed by atoms with van der Waals surface area (Å²) in [4.78, 5) is 2.93. The minimum atomic E-state index is -3.47. The van der Waals surface area contributed by atoms with Gasteiger partial charge in [0, 0.05) is 160 Å². The smallest absolute Gasteiger partial charge is 0.161 e. The van der Waals surface area contributed by atoms with Crippen LogP contribution in [0.1, 0.15) is 338 Å². The van der Waals surface area contributed by atoms with Gasteiger partial charge in [-0.2, -0.15) is 0 Å². The normalized spacial score (nSPS) is 46.7. The van der Waals surface area contributed by atoms with Gasteiger partial charge in [0.25, 0.3) is 0 Å². The minimum Gasteiger partial charge on any atom is -0.493 e. The van der Waals surface area contributed by atoms with Crippen LogP contribution >= 0.6 is 0 Å². The second-order valence-corrected chi connectivity index (χ2v) is 30.2. The Morgan fingerprint density at radius 1 is 0.364 bits per heavy atom. The number of aliphatic hydroxyl groups is 5. The third-order valence-corrected chi connectivity index (χ3v) is 19.8. The van der Waals surface area contributed by atoms with Crippen molar-refractivity contribution in [2.45, 2.75) is 246 Å². The van der Waals surface area contributed by atoms with Crippen molar-refractivity contribution in [2.75, 3.05) is 136 Å². The highest BCUT2D eigenvalue weighted by Gasteiger charge is 2.46. The standard InChI is InChI=1S/3C20H31NO3.2C19H29NO3/c3*1-20(2,3)11-14-12-21-7-6-13-8-18(23-4)19(24-5)9-15(13)16(21)10-17(14)22;2*1-12(2)7-14-11-20-6-5-13-8-18(22-3)19(23-4)9-15(13)16(20)10-17(14)21/h3*8-9,14,16-17,22H,6-7,10-12H2,1-5H3;2*8-9,12,14,16-17,21H,5-7,10-11H2,1-4H3/i2*1D3,2D3,5D3,6D2,7D2,8D,9D,11D2,16D;1D3,2D3,6D2,7D2,8D,9D,11D2,16D;5D2,6D2,8D,9D,10D2,14D,16D,17D;4D3,5D2,6D2,8D,9D,16D. The number of benzene rings is 5. The van der Waals surface area contributed by atoms with Crippen LogP contribution in [0.5, 0.6) is 57.5 Å². The summed E-state index contributed by atoms with van der Waals surface area (Å²) in [5.41, 5.74) is -16.2. The van der Waals surface area contributed by atoms with Crippen molar-refractivity contribution in [2.24, 2.45) is 57.6 Å². The summed E-state index contributed by atoms with van der Waals surface area (Å²) in [6.45, 7) is -31.3. The molecule has 15 unspecified atom stereocenters. The first-order chi connectivity index (χ1) is 84.4. The number of nitrogens with zero attached hydrogens (tertiary/aromatic N) is 5. The molecule has 0 amide bonds. The van der Waals surface area contributed by atoms with Crippen molar-refractivity contribution < 1.29 is 172 Å². The maximum Gasteiger partial charge on any atom is 0.161 e. The lowest BCUT2D eigenvalue weighted by atomic mass is 9.75. The summed E-state index contributed by atoms with van der Waals surface area (Å²) >= 11 is 0. The van der Waals surface area contributed by atoms with Crippen LogP contribution in [0.4, 0.5) is 0 Å². The van der Waals surface area contributed by atoms with E-state index in [-0.39, 0.29) is 42.7 Å². The summed E-state index contributed by atoms with van der Waals surface area (Å²) in [7, 11) is -1.80. The Morgan fingerprint density at radius 2 is 0.602 bits per heavy atom. The van der Waals surface area contributed by atoms with Gasteiger partial charge in [-0.25, -0.2) is 0 Å². The highest BCUT2D eigenvalue weighted by Crippen LogP contribution is 2.51. The van der Waals surface area contributed by atoms with Gasteiger partial charge >= 0.3 is 0 Å². The number of fused-ring (bicyclic) bond motifs is 15. The van der Waals surface area contributed by atoms with Crippen molar-refractivity contribution >= 4 is 0 Å². The van der Waals surface area contributed by atoms with Crippen molar-refractivity contribution in [3.63, 3.8) is 0 Å². The first-order valence-electron chi connectivity index (χ1n) is 73.5. The average molecular weight is 1710 g/mol. The fourth-order valence-corrected chi connectivity index (χ4v) is 14.6. The molecule has 10 heterocycles. The van der Waals surface area contributed by atoms with E-state index in [0.29, 0.717) is 46.8 Å². The monoisotopic (exact) mass is 1710 g/mol. The first-order valence-corrected chi connectivity index (χ1v) is 37.5. The summed E-state index contributed by atoms with van der Waals surface area (Å²) in [6, 6.07) is -20.9. The van der Waals surface area contributed by atoms with Crippen LogP contribution in [0.15, 0.2) is 60.4 Å². The number of methoxy groups -OCH3 is 10. The molecular weight excluding hydrogens is 1490 g/mol. The van der Waals surface area contributed by atoms with E-state index < -0.39 is 466 Å². The highest BCUT2D eigenvalue weighted by molar-refractivity contribution is 5.54. The van der Waals surface area contributed by atoms with E-state index >= 15 is 0 Å². The van der Waals surface area contributed by atoms with E-state index in [1.165, 1.54) is 0 Å². The SMILES string of the molecule is [2H]c1c(OC([2H])([2H])[2H])c(OC)c([2H])c2c1C1([2H])CC(O)C(C([2H])([2H])C(C)(C([2H])([2H])[2H])C([2H])([2H])[2H])CN1C([2H])([2H])C2([2H])[2H].[2H]c1c(OC([2H])([2H])[2H])c(OC)c([2H])c2c1C1([2H])CC(O)C(C([2H])([2H])C(C)(C([2H])([2H])[2H])C([2H])([2H])[2H])CN1C([2H])([2H])C2([2H])[2H].[2H]c1c(OC([2H])([2H])[2H])c(OC)c([2H])c2c1C1([2H])CC(O)C(CC(C)C)CN1C([2H])([2H])C2([2H])[2H].[2H]c1c(OC)c(OC)c([2H])c2c1C([2H])([2H])C([2H])([2H])N1CC([2H])(CC(C)C)C([2H])(O)C([2H])([2H])C21[2H].[2H]c1c(OC)c(OC)c([2H])c2c1C1([2H])CC(O)C(C([2H])([2H])C(C)(C([2H])([2H])[2H])C([2H])([2H])[2H])CN1C([2H])([2H])C2([2H])[2H]. The first kappa shape index (κ1) is 36.5. The van der Waals surface area contributed by atoms with Gasteiger partial charge in [0.1, 0.15) is 0 Å².